The van der Waals surface area contributed by atoms with Crippen LogP contribution in [0.2, 0.25) is 0 Å². The van der Waals surface area contributed by atoms with Crippen LogP contribution in [-0.2, 0) is 11.3 Å². The first kappa shape index (κ1) is 10.2. The molecule has 2 heteroatoms. The molecule has 1 nitrogen and oxygen atoms in total. The van der Waals surface area contributed by atoms with E-state index in [-0.39, 0.29) is 0 Å². The van der Waals surface area contributed by atoms with Gasteiger partial charge >= 0.3 is 0 Å². The molecule has 1 aromatic carbocycles. The van der Waals surface area contributed by atoms with Crippen LogP contribution in [0.1, 0.15) is 19.4 Å². The fourth-order valence-electron chi connectivity index (χ4n) is 0.895. The van der Waals surface area contributed by atoms with Crippen LogP contribution < -0.4 is 0 Å². The van der Waals surface area contributed by atoms with Gasteiger partial charge in [-0.25, -0.2) is 0 Å². The summed E-state index contributed by atoms with van der Waals surface area (Å²) in [5.74, 6) is 0.318. The van der Waals surface area contributed by atoms with E-state index in [9.17, 15) is 0 Å². The van der Waals surface area contributed by atoms with Gasteiger partial charge in [0.05, 0.1) is 0 Å². The SMILES string of the molecule is CC(C)C(=S)OCc1ccccc1. The van der Waals surface area contributed by atoms with Crippen molar-refractivity contribution in [3.05, 3.63) is 35.9 Å². The summed E-state index contributed by atoms with van der Waals surface area (Å²) in [5.41, 5.74) is 1.16. The standard InChI is InChI=1S/C11H14OS/c1-9(2)11(13)12-8-10-6-4-3-5-7-10/h3-7,9H,8H2,1-2H3. The van der Waals surface area contributed by atoms with Crippen LogP contribution in [0, 0.1) is 5.92 Å². The van der Waals surface area contributed by atoms with E-state index in [1.807, 2.05) is 44.2 Å². The molecular weight excluding hydrogens is 180 g/mol. The number of ether oxygens (including phenoxy) is 1. The molecule has 0 saturated carbocycles. The molecule has 0 aliphatic carbocycles. The van der Waals surface area contributed by atoms with Crippen molar-refractivity contribution in [2.24, 2.45) is 5.92 Å². The molecule has 0 spiro atoms. The molecule has 0 unspecified atom stereocenters. The zero-order chi connectivity index (χ0) is 9.68. The van der Waals surface area contributed by atoms with E-state index in [0.717, 1.165) is 5.56 Å². The number of thiocarbonyl (C=S) groups is 1. The molecule has 0 atom stereocenters. The fraction of sp³-hybridized carbons (Fsp3) is 0.364. The quantitative estimate of drug-likeness (QED) is 0.683. The lowest BCUT2D eigenvalue weighted by molar-refractivity contribution is 0.283. The third kappa shape index (κ3) is 3.55. The minimum atomic E-state index is 0.318. The lowest BCUT2D eigenvalue weighted by atomic mass is 10.2. The summed E-state index contributed by atoms with van der Waals surface area (Å²) in [7, 11) is 0. The second-order valence-electron chi connectivity index (χ2n) is 3.25. The molecule has 70 valence electrons. The maximum atomic E-state index is 5.42. The Balaban J connectivity index is 2.40. The molecule has 0 aromatic heterocycles. The average Bonchev–Trinajstić information content (AvgIpc) is 2.15. The summed E-state index contributed by atoms with van der Waals surface area (Å²) in [4.78, 5) is 0. The van der Waals surface area contributed by atoms with Crippen LogP contribution >= 0.6 is 12.2 Å². The summed E-state index contributed by atoms with van der Waals surface area (Å²) < 4.78 is 5.42. The predicted molar refractivity (Wildman–Crippen MR) is 58.7 cm³/mol. The molecule has 0 N–H and O–H groups in total. The first-order valence-electron chi connectivity index (χ1n) is 4.40. The van der Waals surface area contributed by atoms with Gasteiger partial charge in [0, 0.05) is 5.92 Å². The Morgan fingerprint density at radius 2 is 1.92 bits per heavy atom. The maximum absolute atomic E-state index is 5.42. The van der Waals surface area contributed by atoms with Gasteiger partial charge in [0.25, 0.3) is 0 Å². The second kappa shape index (κ2) is 4.97. The Hall–Kier alpha value is -0.890. The minimum absolute atomic E-state index is 0.318. The van der Waals surface area contributed by atoms with Gasteiger partial charge in [-0.2, -0.15) is 0 Å². The molecule has 1 rings (SSSR count). The predicted octanol–water partition coefficient (Wildman–Crippen LogP) is 3.19. The molecule has 0 aliphatic rings. The third-order valence-electron chi connectivity index (χ3n) is 1.70. The summed E-state index contributed by atoms with van der Waals surface area (Å²) in [5, 5.41) is 0.684. The van der Waals surface area contributed by atoms with E-state index in [1.54, 1.807) is 0 Å². The van der Waals surface area contributed by atoms with Crippen LogP contribution in [0.4, 0.5) is 0 Å². The summed E-state index contributed by atoms with van der Waals surface area (Å²) in [6.07, 6.45) is 0. The topological polar surface area (TPSA) is 9.23 Å². The van der Waals surface area contributed by atoms with Crippen molar-refractivity contribution in [2.45, 2.75) is 20.5 Å². The van der Waals surface area contributed by atoms with E-state index in [0.29, 0.717) is 17.6 Å². The number of hydrogen-bond acceptors (Lipinski definition) is 2. The van der Waals surface area contributed by atoms with Crippen molar-refractivity contribution in [3.8, 4) is 0 Å². The fourth-order valence-corrected chi connectivity index (χ4v) is 0.954. The third-order valence-corrected chi connectivity index (χ3v) is 2.28. The molecule has 0 saturated heterocycles. The van der Waals surface area contributed by atoms with Crippen molar-refractivity contribution < 1.29 is 4.74 Å². The lowest BCUT2D eigenvalue weighted by Crippen LogP contribution is -2.08. The van der Waals surface area contributed by atoms with E-state index < -0.39 is 0 Å². The highest BCUT2D eigenvalue weighted by Gasteiger charge is 2.02. The smallest absolute Gasteiger partial charge is 0.162 e. The Morgan fingerprint density at radius 1 is 1.31 bits per heavy atom. The molecule has 1 aromatic rings. The molecule has 13 heavy (non-hydrogen) atoms. The highest BCUT2D eigenvalue weighted by atomic mass is 32.1. The van der Waals surface area contributed by atoms with Gasteiger partial charge in [-0.3, -0.25) is 0 Å². The van der Waals surface area contributed by atoms with Crippen molar-refractivity contribution in [1.29, 1.82) is 0 Å². The van der Waals surface area contributed by atoms with Gasteiger partial charge in [0.15, 0.2) is 5.05 Å². The molecular formula is C11H14OS. The van der Waals surface area contributed by atoms with Crippen molar-refractivity contribution >= 4 is 17.3 Å². The molecule has 0 amide bonds. The van der Waals surface area contributed by atoms with Crippen LogP contribution in [0.15, 0.2) is 30.3 Å². The number of benzene rings is 1. The highest BCUT2D eigenvalue weighted by molar-refractivity contribution is 7.80. The summed E-state index contributed by atoms with van der Waals surface area (Å²) in [6, 6.07) is 10.0. The average molecular weight is 194 g/mol. The number of rotatable bonds is 3. The minimum Gasteiger partial charge on any atom is -0.482 e. The zero-order valence-electron chi connectivity index (χ0n) is 7.99. The van der Waals surface area contributed by atoms with Crippen LogP contribution in [0.25, 0.3) is 0 Å². The van der Waals surface area contributed by atoms with Crippen LogP contribution in [0.3, 0.4) is 0 Å². The Bertz CT molecular complexity index is 267. The first-order valence-corrected chi connectivity index (χ1v) is 4.81. The van der Waals surface area contributed by atoms with Gasteiger partial charge in [-0.15, -0.1) is 0 Å². The molecule has 0 radical (unpaired) electrons. The van der Waals surface area contributed by atoms with Crippen molar-refractivity contribution in [2.75, 3.05) is 0 Å². The van der Waals surface area contributed by atoms with Gasteiger partial charge < -0.3 is 4.74 Å². The van der Waals surface area contributed by atoms with Gasteiger partial charge in [0.2, 0.25) is 0 Å². The zero-order valence-corrected chi connectivity index (χ0v) is 8.80. The number of hydrogen-bond donors (Lipinski definition) is 0. The largest absolute Gasteiger partial charge is 0.482 e. The first-order chi connectivity index (χ1) is 6.20. The van der Waals surface area contributed by atoms with Crippen LogP contribution in [0.5, 0.6) is 0 Å². The van der Waals surface area contributed by atoms with Gasteiger partial charge in [0.1, 0.15) is 6.61 Å². The van der Waals surface area contributed by atoms with Gasteiger partial charge in [-0.05, 0) is 17.8 Å². The Kier molecular flexibility index (Phi) is 3.90. The van der Waals surface area contributed by atoms with E-state index >= 15 is 0 Å². The molecule has 0 fully saturated rings. The van der Waals surface area contributed by atoms with E-state index in [2.05, 4.69) is 0 Å². The lowest BCUT2D eigenvalue weighted by Gasteiger charge is -2.09. The molecule has 0 bridgehead atoms. The summed E-state index contributed by atoms with van der Waals surface area (Å²) in [6.45, 7) is 4.65. The monoisotopic (exact) mass is 194 g/mol. The van der Waals surface area contributed by atoms with Crippen molar-refractivity contribution in [3.63, 3.8) is 0 Å². The van der Waals surface area contributed by atoms with E-state index in [1.165, 1.54) is 0 Å². The summed E-state index contributed by atoms with van der Waals surface area (Å²) >= 11 is 5.05. The highest BCUT2D eigenvalue weighted by Crippen LogP contribution is 2.05. The normalized spacial score (nSPS) is 10.1. The van der Waals surface area contributed by atoms with Crippen LogP contribution in [-0.4, -0.2) is 5.05 Å². The Labute approximate surface area is 84.7 Å². The second-order valence-corrected chi connectivity index (χ2v) is 3.65. The maximum Gasteiger partial charge on any atom is 0.162 e. The van der Waals surface area contributed by atoms with Gasteiger partial charge in [-0.1, -0.05) is 44.2 Å². The molecule has 0 heterocycles. The molecule has 0 aliphatic heterocycles. The Morgan fingerprint density at radius 3 is 2.46 bits per heavy atom. The van der Waals surface area contributed by atoms with E-state index in [4.69, 9.17) is 17.0 Å². The van der Waals surface area contributed by atoms with Crippen molar-refractivity contribution in [1.82, 2.24) is 0 Å².